The van der Waals surface area contributed by atoms with Gasteiger partial charge in [0.15, 0.2) is 23.7 Å². The fraction of sp³-hybridized carbons (Fsp3) is 0.200. The predicted octanol–water partition coefficient (Wildman–Crippen LogP) is 3.03. The maximum absolute atomic E-state index is 11.6. The van der Waals surface area contributed by atoms with Crippen LogP contribution in [0.2, 0.25) is 0 Å². The molecule has 12 heteroatoms. The van der Waals surface area contributed by atoms with Crippen LogP contribution < -0.4 is 9.47 Å². The second-order valence-corrected chi connectivity index (χ2v) is 10.2. The van der Waals surface area contributed by atoms with E-state index < -0.39 is 53.2 Å². The zero-order valence-electron chi connectivity index (χ0n) is 21.6. The van der Waals surface area contributed by atoms with Crippen LogP contribution in [0, 0.1) is 0 Å². The van der Waals surface area contributed by atoms with Crippen LogP contribution in [-0.2, 0) is 16.9 Å². The van der Waals surface area contributed by atoms with E-state index >= 15 is 0 Å². The lowest BCUT2D eigenvalue weighted by Gasteiger charge is -2.47. The van der Waals surface area contributed by atoms with Gasteiger partial charge in [-0.2, -0.15) is 0 Å². The Balaban J connectivity index is 1.52. The molecule has 2 aliphatic rings. The third-order valence-corrected chi connectivity index (χ3v) is 7.44. The molecule has 218 valence electrons. The van der Waals surface area contributed by atoms with Crippen molar-refractivity contribution in [2.75, 3.05) is 0 Å². The lowest BCUT2D eigenvalue weighted by molar-refractivity contribution is -0.307. The van der Waals surface area contributed by atoms with Gasteiger partial charge in [-0.05, 0) is 42.0 Å². The molecule has 5 unspecified atom stereocenters. The molecule has 9 N–H and O–H groups in total. The van der Waals surface area contributed by atoms with E-state index in [4.69, 9.17) is 14.2 Å². The summed E-state index contributed by atoms with van der Waals surface area (Å²) in [5.41, 5.74) is 0.454. The third kappa shape index (κ3) is 4.38. The van der Waals surface area contributed by atoms with Gasteiger partial charge in [-0.3, -0.25) is 0 Å². The molecule has 0 saturated carbocycles. The van der Waals surface area contributed by atoms with E-state index in [0.29, 0.717) is 5.56 Å². The molecular weight excluding hydrogens is 552 g/mol. The Labute approximate surface area is 237 Å². The molecule has 0 amide bonds. The number of phenols is 7. The van der Waals surface area contributed by atoms with Crippen LogP contribution >= 0.6 is 0 Å². The van der Waals surface area contributed by atoms with Gasteiger partial charge in [0.2, 0.25) is 0 Å². The minimum absolute atomic E-state index is 0.0993. The molecule has 0 fully saturated rings. The van der Waals surface area contributed by atoms with Crippen molar-refractivity contribution in [3.63, 3.8) is 0 Å². The van der Waals surface area contributed by atoms with Gasteiger partial charge in [-0.25, -0.2) is 0 Å². The average Bonchev–Trinajstić information content (AvgIpc) is 2.93. The van der Waals surface area contributed by atoms with Crippen LogP contribution in [0.5, 0.6) is 51.7 Å². The standard InChI is InChI=1S/C30H26O12/c31-15-4-2-14(3-5-15)30(29(39)27(38)26-22(37)9-17(33)11-24(26)41-30)42-25-12-18-20(35)8-16(32)10-23(18)40-28(25)13-1-6-19(34)21(36)7-13/h1-11,25,27-29,31-39H,12H2. The quantitative estimate of drug-likeness (QED) is 0.160. The van der Waals surface area contributed by atoms with Gasteiger partial charge in [0, 0.05) is 41.8 Å². The minimum Gasteiger partial charge on any atom is -0.508 e. The summed E-state index contributed by atoms with van der Waals surface area (Å²) >= 11 is 0. The van der Waals surface area contributed by atoms with Gasteiger partial charge in [0.25, 0.3) is 5.79 Å². The Hall–Kier alpha value is -5.04. The summed E-state index contributed by atoms with van der Waals surface area (Å²) in [4.78, 5) is 0. The SMILES string of the molecule is Oc1ccc(C2(OC3Cc4c(O)cc(O)cc4OC3c3ccc(O)c(O)c3)Oc3cc(O)cc(O)c3C(O)C2O)cc1. The van der Waals surface area contributed by atoms with Crippen molar-refractivity contribution in [3.05, 3.63) is 89.0 Å². The van der Waals surface area contributed by atoms with Crippen LogP contribution in [0.25, 0.3) is 0 Å². The van der Waals surface area contributed by atoms with Crippen molar-refractivity contribution >= 4 is 0 Å². The van der Waals surface area contributed by atoms with Gasteiger partial charge >= 0.3 is 0 Å². The smallest absolute Gasteiger partial charge is 0.266 e. The number of fused-ring (bicyclic) bond motifs is 2. The third-order valence-electron chi connectivity index (χ3n) is 7.44. The number of phenolic OH excluding ortho intramolecular Hbond substituents is 7. The summed E-state index contributed by atoms with van der Waals surface area (Å²) < 4.78 is 18.8. The number of rotatable bonds is 4. The van der Waals surface area contributed by atoms with Gasteiger partial charge in [0.05, 0.1) is 5.56 Å². The maximum Gasteiger partial charge on any atom is 0.266 e. The molecule has 0 aromatic heterocycles. The second kappa shape index (κ2) is 9.80. The van der Waals surface area contributed by atoms with Crippen LogP contribution in [0.15, 0.2) is 66.7 Å². The molecule has 0 aliphatic carbocycles. The monoisotopic (exact) mass is 578 g/mol. The number of aliphatic hydroxyl groups excluding tert-OH is 2. The van der Waals surface area contributed by atoms with Crippen molar-refractivity contribution in [1.29, 1.82) is 0 Å². The Bertz CT molecular complexity index is 1670. The Morgan fingerprint density at radius 2 is 1.33 bits per heavy atom. The first-order valence-corrected chi connectivity index (χ1v) is 12.8. The highest BCUT2D eigenvalue weighted by Crippen LogP contribution is 2.53. The molecule has 4 aromatic rings. The van der Waals surface area contributed by atoms with E-state index in [-0.39, 0.29) is 51.9 Å². The topological polar surface area (TPSA) is 210 Å². The highest BCUT2D eigenvalue weighted by molar-refractivity contribution is 5.54. The van der Waals surface area contributed by atoms with E-state index in [2.05, 4.69) is 0 Å². The molecule has 5 atom stereocenters. The fourth-order valence-electron chi connectivity index (χ4n) is 5.43. The summed E-state index contributed by atoms with van der Waals surface area (Å²) in [7, 11) is 0. The number of hydrogen-bond acceptors (Lipinski definition) is 12. The van der Waals surface area contributed by atoms with E-state index in [0.717, 1.165) is 18.2 Å². The van der Waals surface area contributed by atoms with Gasteiger partial charge in [-0.1, -0.05) is 6.07 Å². The zero-order valence-corrected chi connectivity index (χ0v) is 21.6. The molecule has 0 saturated heterocycles. The van der Waals surface area contributed by atoms with E-state index in [1.165, 1.54) is 48.5 Å². The minimum atomic E-state index is -2.25. The van der Waals surface area contributed by atoms with Gasteiger partial charge in [-0.15, -0.1) is 0 Å². The van der Waals surface area contributed by atoms with Crippen molar-refractivity contribution in [1.82, 2.24) is 0 Å². The number of aliphatic hydroxyl groups is 2. The van der Waals surface area contributed by atoms with E-state index in [1.807, 2.05) is 0 Å². The number of ether oxygens (including phenoxy) is 3. The van der Waals surface area contributed by atoms with Crippen molar-refractivity contribution < 1.29 is 60.2 Å². The van der Waals surface area contributed by atoms with Crippen molar-refractivity contribution in [3.8, 4) is 51.7 Å². The largest absolute Gasteiger partial charge is 0.508 e. The highest BCUT2D eigenvalue weighted by Gasteiger charge is 2.55. The Morgan fingerprint density at radius 3 is 2.02 bits per heavy atom. The van der Waals surface area contributed by atoms with Crippen LogP contribution in [0.1, 0.15) is 34.5 Å². The molecule has 0 radical (unpaired) electrons. The summed E-state index contributed by atoms with van der Waals surface area (Å²) in [6, 6.07) is 13.8. The highest BCUT2D eigenvalue weighted by atomic mass is 16.7. The average molecular weight is 579 g/mol. The molecule has 0 bridgehead atoms. The predicted molar refractivity (Wildman–Crippen MR) is 143 cm³/mol. The molecule has 12 nitrogen and oxygen atoms in total. The Morgan fingerprint density at radius 1 is 0.667 bits per heavy atom. The first-order chi connectivity index (χ1) is 20.0. The van der Waals surface area contributed by atoms with Crippen LogP contribution in [-0.4, -0.2) is 58.2 Å². The fourth-order valence-corrected chi connectivity index (χ4v) is 5.43. The second-order valence-electron chi connectivity index (χ2n) is 10.2. The maximum atomic E-state index is 11.6. The van der Waals surface area contributed by atoms with Crippen molar-refractivity contribution in [2.24, 2.45) is 0 Å². The molecule has 0 spiro atoms. The number of hydrogen-bond donors (Lipinski definition) is 9. The summed E-state index contributed by atoms with van der Waals surface area (Å²) in [6.45, 7) is 0. The van der Waals surface area contributed by atoms with E-state index in [1.54, 1.807) is 0 Å². The summed E-state index contributed by atoms with van der Waals surface area (Å²) in [5, 5.41) is 94.1. The summed E-state index contributed by atoms with van der Waals surface area (Å²) in [5.74, 6) is -4.84. The summed E-state index contributed by atoms with van der Waals surface area (Å²) in [6.07, 6.45) is -6.06. The zero-order chi connectivity index (χ0) is 29.9. The first-order valence-electron chi connectivity index (χ1n) is 12.8. The molecule has 2 heterocycles. The molecule has 42 heavy (non-hydrogen) atoms. The molecule has 2 aliphatic heterocycles. The van der Waals surface area contributed by atoms with Crippen LogP contribution in [0.4, 0.5) is 0 Å². The molecular formula is C30H26O12. The first kappa shape index (κ1) is 27.1. The van der Waals surface area contributed by atoms with Crippen LogP contribution in [0.3, 0.4) is 0 Å². The lowest BCUT2D eigenvalue weighted by Crippen LogP contribution is -2.55. The molecule has 6 rings (SSSR count). The van der Waals surface area contributed by atoms with E-state index in [9.17, 15) is 46.0 Å². The van der Waals surface area contributed by atoms with Gasteiger partial charge in [0.1, 0.15) is 52.5 Å². The van der Waals surface area contributed by atoms with Crippen molar-refractivity contribution in [2.45, 2.75) is 36.6 Å². The normalized spacial score (nSPS) is 24.6. The number of benzene rings is 4. The number of aromatic hydroxyl groups is 7. The Kier molecular flexibility index (Phi) is 6.34. The molecule has 4 aromatic carbocycles. The lowest BCUT2D eigenvalue weighted by atomic mass is 9.87. The van der Waals surface area contributed by atoms with Gasteiger partial charge < -0.3 is 60.2 Å².